The van der Waals surface area contributed by atoms with Crippen molar-refractivity contribution in [2.45, 2.75) is 12.6 Å². The Morgan fingerprint density at radius 2 is 2.06 bits per heavy atom. The highest BCUT2D eigenvalue weighted by Gasteiger charge is 2.21. The molecule has 0 fully saturated rings. The molecule has 2 heterocycles. The first-order valence-corrected chi connectivity index (χ1v) is 10.5. The normalized spacial score (nSPS) is 11.5. The Bertz CT molecular complexity index is 1350. The number of hydrogen-bond donors (Lipinski definition) is 2. The lowest BCUT2D eigenvalue weighted by Gasteiger charge is -2.15. The van der Waals surface area contributed by atoms with Gasteiger partial charge in [-0.05, 0) is 36.4 Å². The number of amides is 1. The minimum Gasteiger partial charge on any atom is -0.378 e. The van der Waals surface area contributed by atoms with Crippen LogP contribution in [0.4, 0.5) is 10.1 Å². The number of benzene rings is 2. The molecule has 0 aliphatic carbocycles. The molecule has 2 N–H and O–H groups in total. The minimum atomic E-state index is -1.24. The molecule has 0 aliphatic heterocycles. The molecule has 4 rings (SSSR count). The van der Waals surface area contributed by atoms with Crippen molar-refractivity contribution in [1.29, 1.82) is 5.26 Å². The van der Waals surface area contributed by atoms with Gasteiger partial charge in [-0.3, -0.25) is 4.79 Å². The van der Waals surface area contributed by atoms with Crippen LogP contribution in [0.15, 0.2) is 61.1 Å². The van der Waals surface area contributed by atoms with Gasteiger partial charge in [-0.25, -0.2) is 14.4 Å². The largest absolute Gasteiger partial charge is 0.378 e. The molecule has 0 saturated carbocycles. The third kappa shape index (κ3) is 4.84. The molecule has 11 heteroatoms. The van der Waals surface area contributed by atoms with Crippen LogP contribution in [0.5, 0.6) is 0 Å². The van der Waals surface area contributed by atoms with Crippen molar-refractivity contribution in [1.82, 2.24) is 30.0 Å². The van der Waals surface area contributed by atoms with E-state index in [0.717, 1.165) is 0 Å². The fourth-order valence-corrected chi connectivity index (χ4v) is 3.55. The standard InChI is InChI=1S/C23H18ClFN8O/c1-33-20(31-32-22(33)18-8-9-27-13-29-18)12-28-15-5-2-4-14(10-15)23(34)30-19(11-26)21-16(24)6-3-7-17(21)25/h2-10,13,19,28H,12H2,1H3,(H,30,34)/t19-/m1/s1. The van der Waals surface area contributed by atoms with Crippen molar-refractivity contribution in [2.24, 2.45) is 7.05 Å². The summed E-state index contributed by atoms with van der Waals surface area (Å²) < 4.78 is 16.0. The molecule has 0 unspecified atom stereocenters. The maximum atomic E-state index is 14.2. The number of aromatic nitrogens is 5. The third-order valence-electron chi connectivity index (χ3n) is 5.04. The molecular weight excluding hydrogens is 459 g/mol. The van der Waals surface area contributed by atoms with E-state index in [4.69, 9.17) is 11.6 Å². The molecule has 0 aliphatic rings. The van der Waals surface area contributed by atoms with Gasteiger partial charge in [-0.1, -0.05) is 23.7 Å². The fourth-order valence-electron chi connectivity index (χ4n) is 3.28. The van der Waals surface area contributed by atoms with Gasteiger partial charge in [0.05, 0.1) is 12.6 Å². The number of nitrogens with one attached hydrogen (secondary N) is 2. The number of carbonyl (C=O) groups excluding carboxylic acids is 1. The van der Waals surface area contributed by atoms with E-state index in [0.29, 0.717) is 29.6 Å². The zero-order chi connectivity index (χ0) is 24.1. The Labute approximate surface area is 199 Å². The summed E-state index contributed by atoms with van der Waals surface area (Å²) in [6.07, 6.45) is 3.07. The Kier molecular flexibility index (Phi) is 6.75. The fraction of sp³-hybridized carbons (Fsp3) is 0.130. The average Bonchev–Trinajstić information content (AvgIpc) is 3.22. The van der Waals surface area contributed by atoms with Crippen LogP contribution in [0.2, 0.25) is 5.02 Å². The van der Waals surface area contributed by atoms with Crippen molar-refractivity contribution in [3.05, 3.63) is 88.8 Å². The zero-order valence-corrected chi connectivity index (χ0v) is 18.7. The van der Waals surface area contributed by atoms with Crippen molar-refractivity contribution >= 4 is 23.2 Å². The lowest BCUT2D eigenvalue weighted by Crippen LogP contribution is -2.28. The Morgan fingerprint density at radius 1 is 1.24 bits per heavy atom. The summed E-state index contributed by atoms with van der Waals surface area (Å²) in [4.78, 5) is 20.8. The number of hydrogen-bond acceptors (Lipinski definition) is 7. The average molecular weight is 477 g/mol. The molecule has 0 spiro atoms. The summed E-state index contributed by atoms with van der Waals surface area (Å²) >= 11 is 6.04. The van der Waals surface area contributed by atoms with Crippen molar-refractivity contribution < 1.29 is 9.18 Å². The van der Waals surface area contributed by atoms with E-state index >= 15 is 0 Å². The molecule has 0 saturated heterocycles. The highest BCUT2D eigenvalue weighted by atomic mass is 35.5. The van der Waals surface area contributed by atoms with Gasteiger partial charge in [0.2, 0.25) is 0 Å². The Hall–Kier alpha value is -4.36. The van der Waals surface area contributed by atoms with E-state index in [9.17, 15) is 14.4 Å². The van der Waals surface area contributed by atoms with Gasteiger partial charge in [0.1, 0.15) is 23.9 Å². The van der Waals surface area contributed by atoms with E-state index in [1.165, 1.54) is 24.5 Å². The first kappa shape index (κ1) is 22.8. The second-order valence-corrected chi connectivity index (χ2v) is 7.61. The number of nitrogens with zero attached hydrogens (tertiary/aromatic N) is 6. The molecular formula is C23H18ClFN8O. The lowest BCUT2D eigenvalue weighted by molar-refractivity contribution is 0.0945. The van der Waals surface area contributed by atoms with Gasteiger partial charge in [0, 0.05) is 35.1 Å². The summed E-state index contributed by atoms with van der Waals surface area (Å²) in [7, 11) is 1.83. The summed E-state index contributed by atoms with van der Waals surface area (Å²) in [5.74, 6) is 0.0443. The summed E-state index contributed by atoms with van der Waals surface area (Å²) in [5, 5.41) is 23.6. The van der Waals surface area contributed by atoms with E-state index in [2.05, 4.69) is 30.8 Å². The monoisotopic (exact) mass is 476 g/mol. The van der Waals surface area contributed by atoms with Crippen molar-refractivity contribution in [2.75, 3.05) is 5.32 Å². The van der Waals surface area contributed by atoms with Crippen LogP contribution in [-0.2, 0) is 13.6 Å². The van der Waals surface area contributed by atoms with Crippen molar-refractivity contribution in [3.63, 3.8) is 0 Å². The molecule has 1 amide bonds. The van der Waals surface area contributed by atoms with Gasteiger partial charge in [-0.15, -0.1) is 10.2 Å². The highest BCUT2D eigenvalue weighted by Crippen LogP contribution is 2.26. The van der Waals surface area contributed by atoms with Crippen LogP contribution in [0, 0.1) is 17.1 Å². The maximum absolute atomic E-state index is 14.2. The smallest absolute Gasteiger partial charge is 0.252 e. The van der Waals surface area contributed by atoms with Crippen LogP contribution in [0.1, 0.15) is 27.8 Å². The molecule has 0 radical (unpaired) electrons. The minimum absolute atomic E-state index is 0.0623. The molecule has 1 atom stereocenters. The third-order valence-corrected chi connectivity index (χ3v) is 5.37. The SMILES string of the molecule is Cn1c(CNc2cccc(C(=O)N[C@H](C#N)c3c(F)cccc3Cl)c2)nnc1-c1ccncn1. The second kappa shape index (κ2) is 10.1. The summed E-state index contributed by atoms with van der Waals surface area (Å²) in [6.45, 7) is 0.339. The van der Waals surface area contributed by atoms with E-state index in [1.807, 2.05) is 17.7 Å². The van der Waals surface area contributed by atoms with Gasteiger partial charge in [-0.2, -0.15) is 5.26 Å². The van der Waals surface area contributed by atoms with Crippen LogP contribution in [-0.4, -0.2) is 30.6 Å². The van der Waals surface area contributed by atoms with Crippen LogP contribution in [0.3, 0.4) is 0 Å². The number of anilines is 1. The lowest BCUT2D eigenvalue weighted by atomic mass is 10.1. The topological polar surface area (TPSA) is 121 Å². The molecule has 34 heavy (non-hydrogen) atoms. The maximum Gasteiger partial charge on any atom is 0.252 e. The Morgan fingerprint density at radius 3 is 2.79 bits per heavy atom. The number of halogens is 2. The Balaban J connectivity index is 1.46. The second-order valence-electron chi connectivity index (χ2n) is 7.20. The van der Waals surface area contributed by atoms with Crippen LogP contribution >= 0.6 is 11.6 Å². The predicted molar refractivity (Wildman–Crippen MR) is 123 cm³/mol. The zero-order valence-electron chi connectivity index (χ0n) is 17.9. The number of rotatable bonds is 7. The highest BCUT2D eigenvalue weighted by molar-refractivity contribution is 6.31. The van der Waals surface area contributed by atoms with E-state index in [1.54, 1.807) is 36.5 Å². The van der Waals surface area contributed by atoms with Gasteiger partial charge >= 0.3 is 0 Å². The predicted octanol–water partition coefficient (Wildman–Crippen LogP) is 3.67. The molecule has 4 aromatic rings. The summed E-state index contributed by atoms with van der Waals surface area (Å²) in [6, 6.07) is 13.2. The van der Waals surface area contributed by atoms with Gasteiger partial charge in [0.25, 0.3) is 5.91 Å². The molecule has 2 aromatic heterocycles. The van der Waals surface area contributed by atoms with Crippen molar-refractivity contribution in [3.8, 4) is 17.6 Å². The first-order chi connectivity index (χ1) is 16.5. The van der Waals surface area contributed by atoms with Gasteiger partial charge < -0.3 is 15.2 Å². The van der Waals surface area contributed by atoms with E-state index in [-0.39, 0.29) is 16.1 Å². The van der Waals surface area contributed by atoms with Crippen LogP contribution < -0.4 is 10.6 Å². The first-order valence-electron chi connectivity index (χ1n) is 10.1. The molecule has 170 valence electrons. The van der Waals surface area contributed by atoms with E-state index < -0.39 is 17.8 Å². The molecule has 0 bridgehead atoms. The number of carbonyl (C=O) groups is 1. The molecule has 9 nitrogen and oxygen atoms in total. The molecule has 2 aromatic carbocycles. The van der Waals surface area contributed by atoms with Gasteiger partial charge in [0.15, 0.2) is 11.6 Å². The quantitative estimate of drug-likeness (QED) is 0.417. The van der Waals surface area contributed by atoms with Crippen LogP contribution in [0.25, 0.3) is 11.5 Å². The number of nitriles is 1. The summed E-state index contributed by atoms with van der Waals surface area (Å²) in [5.41, 5.74) is 1.52.